The van der Waals surface area contributed by atoms with E-state index in [-0.39, 0.29) is 18.2 Å². The van der Waals surface area contributed by atoms with Crippen molar-refractivity contribution in [3.05, 3.63) is 40.6 Å². The molecule has 0 aliphatic carbocycles. The summed E-state index contributed by atoms with van der Waals surface area (Å²) in [4.78, 5) is 5.54. The number of nitrogens with zero attached hydrogens (tertiary/aromatic N) is 1. The van der Waals surface area contributed by atoms with Crippen LogP contribution in [0.4, 0.5) is 0 Å². The van der Waals surface area contributed by atoms with Gasteiger partial charge in [0.2, 0.25) is 0 Å². The number of thiazole rings is 1. The van der Waals surface area contributed by atoms with Crippen LogP contribution in [0.2, 0.25) is 0 Å². The third-order valence-electron chi connectivity index (χ3n) is 3.27. The molecule has 126 valence electrons. The highest BCUT2D eigenvalue weighted by molar-refractivity contribution is 8.00. The lowest BCUT2D eigenvalue weighted by Crippen LogP contribution is -2.08. The summed E-state index contributed by atoms with van der Waals surface area (Å²) in [6.45, 7) is 0. The number of nitrogens with one attached hydrogen (secondary N) is 1. The largest absolute Gasteiger partial charge is 0.496 e. The van der Waals surface area contributed by atoms with Gasteiger partial charge in [-0.1, -0.05) is 12.1 Å². The second kappa shape index (κ2) is 8.02. The van der Waals surface area contributed by atoms with Gasteiger partial charge in [-0.3, -0.25) is 5.41 Å². The Morgan fingerprint density at radius 1 is 1.29 bits per heavy atom. The molecule has 0 aliphatic rings. The van der Waals surface area contributed by atoms with Crippen LogP contribution in [0.5, 0.6) is 5.75 Å². The van der Waals surface area contributed by atoms with E-state index in [1.54, 1.807) is 30.2 Å². The zero-order chi connectivity index (χ0) is 16.4. The molecule has 0 saturated heterocycles. The van der Waals surface area contributed by atoms with Gasteiger partial charge >= 0.3 is 0 Å². The lowest BCUT2D eigenvalue weighted by molar-refractivity contribution is 0.416. The number of hydrogen-bond donors (Lipinski definition) is 2. The monoisotopic (exact) mass is 397 g/mol. The summed E-state index contributed by atoms with van der Waals surface area (Å²) in [6.07, 6.45) is 2.02. The Morgan fingerprint density at radius 3 is 2.71 bits per heavy atom. The van der Waals surface area contributed by atoms with Crippen molar-refractivity contribution in [1.29, 1.82) is 5.41 Å². The van der Waals surface area contributed by atoms with Crippen molar-refractivity contribution in [2.45, 2.75) is 4.21 Å². The van der Waals surface area contributed by atoms with Crippen molar-refractivity contribution in [3.63, 3.8) is 0 Å². The third kappa shape index (κ3) is 3.59. The third-order valence-corrected chi connectivity index (χ3v) is 6.45. The standard InChI is InChI=1S/C16H15N3OS3.ClH/c1-20-12-6-4-3-5-9(12)11-8-22-15(19-11)10-7-13(14(17)18)23-16(10)21-2;/h3-8H,1-2H3,(H3,17,18);1H. The fraction of sp³-hybridized carbons (Fsp3) is 0.125. The quantitative estimate of drug-likeness (QED) is 0.362. The Morgan fingerprint density at radius 2 is 2.04 bits per heavy atom. The molecule has 0 unspecified atom stereocenters. The molecule has 8 heteroatoms. The van der Waals surface area contributed by atoms with Crippen molar-refractivity contribution in [2.75, 3.05) is 13.4 Å². The van der Waals surface area contributed by atoms with Crippen molar-refractivity contribution >= 4 is 52.7 Å². The Hall–Kier alpha value is -1.54. The van der Waals surface area contributed by atoms with Gasteiger partial charge in [0, 0.05) is 16.5 Å². The van der Waals surface area contributed by atoms with Crippen LogP contribution in [0.3, 0.4) is 0 Å². The van der Waals surface area contributed by atoms with Crippen LogP contribution in [0.1, 0.15) is 4.88 Å². The first-order valence-electron chi connectivity index (χ1n) is 6.75. The van der Waals surface area contributed by atoms with Gasteiger partial charge in [-0.05, 0) is 24.5 Å². The molecule has 0 amide bonds. The van der Waals surface area contributed by atoms with E-state index in [0.29, 0.717) is 0 Å². The fourth-order valence-corrected chi connectivity index (χ4v) is 4.89. The van der Waals surface area contributed by atoms with Gasteiger partial charge in [-0.25, -0.2) is 4.98 Å². The summed E-state index contributed by atoms with van der Waals surface area (Å²) >= 11 is 4.77. The number of ether oxygens (including phenoxy) is 1. The summed E-state index contributed by atoms with van der Waals surface area (Å²) in [5.41, 5.74) is 8.53. The molecule has 0 spiro atoms. The number of halogens is 1. The topological polar surface area (TPSA) is 72.0 Å². The normalized spacial score (nSPS) is 10.2. The van der Waals surface area contributed by atoms with E-state index in [4.69, 9.17) is 20.9 Å². The van der Waals surface area contributed by atoms with Crippen LogP contribution < -0.4 is 10.5 Å². The Bertz CT molecular complexity index is 860. The molecule has 2 aromatic heterocycles. The first-order chi connectivity index (χ1) is 11.1. The Balaban J connectivity index is 0.00000208. The summed E-state index contributed by atoms with van der Waals surface area (Å²) in [5.74, 6) is 0.905. The smallest absolute Gasteiger partial charge is 0.133 e. The Kier molecular flexibility index (Phi) is 6.28. The van der Waals surface area contributed by atoms with E-state index in [1.807, 2.05) is 42.0 Å². The molecular formula is C16H16ClN3OS3. The average Bonchev–Trinajstić information content (AvgIpc) is 3.21. The number of benzene rings is 1. The van der Waals surface area contributed by atoms with Crippen LogP contribution in [0, 0.1) is 5.41 Å². The van der Waals surface area contributed by atoms with Crippen LogP contribution in [0.15, 0.2) is 39.9 Å². The predicted octanol–water partition coefficient (Wildman–Crippen LogP) is 4.97. The highest BCUT2D eigenvalue weighted by atomic mass is 35.5. The van der Waals surface area contributed by atoms with Crippen molar-refractivity contribution in [3.8, 4) is 27.6 Å². The highest BCUT2D eigenvalue weighted by Crippen LogP contribution is 2.41. The number of hydrogen-bond acceptors (Lipinski definition) is 6. The molecule has 3 N–H and O–H groups in total. The predicted molar refractivity (Wildman–Crippen MR) is 107 cm³/mol. The maximum absolute atomic E-state index is 7.62. The minimum Gasteiger partial charge on any atom is -0.496 e. The average molecular weight is 398 g/mol. The number of methoxy groups -OCH3 is 1. The minimum atomic E-state index is 0. The SMILES string of the molecule is COc1ccccc1-c1csc(-c2cc(C(=N)N)sc2SC)n1.Cl. The summed E-state index contributed by atoms with van der Waals surface area (Å²) in [5, 5.41) is 10.6. The number of nitrogen functional groups attached to an aromatic ring is 1. The van der Waals surface area contributed by atoms with Gasteiger partial charge in [-0.15, -0.1) is 46.8 Å². The number of thioether (sulfide) groups is 1. The number of rotatable bonds is 5. The second-order valence-corrected chi connectivity index (χ2v) is 7.65. The van der Waals surface area contributed by atoms with Crippen molar-refractivity contribution in [1.82, 2.24) is 4.98 Å². The molecule has 0 fully saturated rings. The molecule has 0 radical (unpaired) electrons. The van der Waals surface area contributed by atoms with Gasteiger partial charge in [-0.2, -0.15) is 0 Å². The summed E-state index contributed by atoms with van der Waals surface area (Å²) in [7, 11) is 1.66. The molecule has 3 aromatic rings. The second-order valence-electron chi connectivity index (χ2n) is 4.67. The molecule has 1 aromatic carbocycles. The summed E-state index contributed by atoms with van der Waals surface area (Å²) < 4.78 is 6.53. The maximum atomic E-state index is 7.62. The number of amidine groups is 1. The van der Waals surface area contributed by atoms with Crippen molar-refractivity contribution in [2.24, 2.45) is 5.73 Å². The molecular weight excluding hydrogens is 382 g/mol. The van der Waals surface area contributed by atoms with Gasteiger partial charge in [0.15, 0.2) is 0 Å². The molecule has 0 saturated carbocycles. The van der Waals surface area contributed by atoms with Crippen LogP contribution in [-0.4, -0.2) is 24.2 Å². The van der Waals surface area contributed by atoms with Crippen LogP contribution >= 0.6 is 46.8 Å². The van der Waals surface area contributed by atoms with E-state index in [0.717, 1.165) is 36.7 Å². The first-order valence-corrected chi connectivity index (χ1v) is 9.67. The van der Waals surface area contributed by atoms with E-state index in [9.17, 15) is 0 Å². The van der Waals surface area contributed by atoms with Gasteiger partial charge in [0.1, 0.15) is 16.6 Å². The summed E-state index contributed by atoms with van der Waals surface area (Å²) in [6, 6.07) is 9.80. The lowest BCUT2D eigenvalue weighted by atomic mass is 10.1. The molecule has 4 nitrogen and oxygen atoms in total. The Labute approximate surface area is 159 Å². The number of aromatic nitrogens is 1. The molecule has 2 heterocycles. The number of para-hydroxylation sites is 1. The minimum absolute atomic E-state index is 0. The molecule has 0 atom stereocenters. The zero-order valence-corrected chi connectivity index (χ0v) is 16.3. The van der Waals surface area contributed by atoms with Gasteiger partial charge in [0.25, 0.3) is 0 Å². The van der Waals surface area contributed by atoms with Crippen LogP contribution in [-0.2, 0) is 0 Å². The molecule has 24 heavy (non-hydrogen) atoms. The van der Waals surface area contributed by atoms with E-state index in [2.05, 4.69) is 0 Å². The van der Waals surface area contributed by atoms with Gasteiger partial charge < -0.3 is 10.5 Å². The molecule has 3 rings (SSSR count). The molecule has 0 bridgehead atoms. The fourth-order valence-electron chi connectivity index (χ4n) is 2.19. The van der Waals surface area contributed by atoms with E-state index < -0.39 is 0 Å². The molecule has 0 aliphatic heterocycles. The highest BCUT2D eigenvalue weighted by Gasteiger charge is 2.16. The van der Waals surface area contributed by atoms with Gasteiger partial charge in [0.05, 0.1) is 21.9 Å². The number of thiophene rings is 1. The number of nitrogens with two attached hydrogens (primary N) is 1. The lowest BCUT2D eigenvalue weighted by Gasteiger charge is -2.04. The van der Waals surface area contributed by atoms with Crippen LogP contribution in [0.25, 0.3) is 21.8 Å². The first kappa shape index (κ1) is 18.8. The van der Waals surface area contributed by atoms with E-state index >= 15 is 0 Å². The van der Waals surface area contributed by atoms with E-state index in [1.165, 1.54) is 11.3 Å². The zero-order valence-electron chi connectivity index (χ0n) is 13.0. The van der Waals surface area contributed by atoms with Crippen molar-refractivity contribution < 1.29 is 4.74 Å². The maximum Gasteiger partial charge on any atom is 0.133 e.